The Labute approximate surface area is 197 Å². The summed E-state index contributed by atoms with van der Waals surface area (Å²) in [5.74, 6) is -0.728. The van der Waals surface area contributed by atoms with Crippen molar-refractivity contribution in [1.82, 2.24) is 10.3 Å². The molecule has 1 aliphatic carbocycles. The molecule has 0 aliphatic heterocycles. The van der Waals surface area contributed by atoms with E-state index in [1.54, 1.807) is 39.0 Å². The molecule has 0 fully saturated rings. The molecule has 0 saturated carbocycles. The van der Waals surface area contributed by atoms with Crippen molar-refractivity contribution in [1.29, 1.82) is 0 Å². The molecule has 0 unspecified atom stereocenters. The number of benzene rings is 2. The molecule has 2 aromatic carbocycles. The third-order valence-electron chi connectivity index (χ3n) is 5.23. The van der Waals surface area contributed by atoms with Gasteiger partial charge in [-0.25, -0.2) is 14.2 Å². The summed E-state index contributed by atoms with van der Waals surface area (Å²) in [6.07, 6.45) is 0.761. The maximum atomic E-state index is 14.2. The van der Waals surface area contributed by atoms with E-state index in [0.717, 1.165) is 12.8 Å². The Morgan fingerprint density at radius 2 is 1.65 bits per heavy atom. The van der Waals surface area contributed by atoms with Crippen LogP contribution in [0.15, 0.2) is 60.7 Å². The fourth-order valence-electron chi connectivity index (χ4n) is 3.83. The fraction of sp³-hybridized carbons (Fsp3) is 0.269. The third kappa shape index (κ3) is 5.89. The molecule has 34 heavy (non-hydrogen) atoms. The smallest absolute Gasteiger partial charge is 0.413 e. The maximum absolute atomic E-state index is 14.2. The molecule has 1 aliphatic rings. The number of nitrogens with zero attached hydrogens (tertiary/aromatic N) is 1. The lowest BCUT2D eigenvalue weighted by atomic mass is 10.1. The number of nitrogens with one attached hydrogen (secondary N) is 3. The Morgan fingerprint density at radius 1 is 1.00 bits per heavy atom. The SMILES string of the molecule is CC(C)(C)OC(=O)Nc1cc(Nc2ccccc2F)cc(C(=O)NC2Cc3ccccc3C2)n1. The zero-order valence-corrected chi connectivity index (χ0v) is 19.3. The molecule has 0 saturated heterocycles. The summed E-state index contributed by atoms with van der Waals surface area (Å²) >= 11 is 0. The van der Waals surface area contributed by atoms with E-state index >= 15 is 0 Å². The Hall–Kier alpha value is -3.94. The van der Waals surface area contributed by atoms with Crippen molar-refractivity contribution in [2.24, 2.45) is 0 Å². The first-order chi connectivity index (χ1) is 16.2. The maximum Gasteiger partial charge on any atom is 0.413 e. The summed E-state index contributed by atoms with van der Waals surface area (Å²) in [6.45, 7) is 5.23. The first-order valence-corrected chi connectivity index (χ1v) is 11.1. The van der Waals surface area contributed by atoms with Gasteiger partial charge < -0.3 is 15.4 Å². The number of hydrogen-bond donors (Lipinski definition) is 3. The summed E-state index contributed by atoms with van der Waals surface area (Å²) in [4.78, 5) is 29.7. The number of hydrogen-bond acceptors (Lipinski definition) is 5. The second-order valence-electron chi connectivity index (χ2n) is 9.21. The van der Waals surface area contributed by atoms with Crippen LogP contribution in [0.5, 0.6) is 0 Å². The van der Waals surface area contributed by atoms with Gasteiger partial charge in [0.2, 0.25) is 0 Å². The van der Waals surface area contributed by atoms with Crippen LogP contribution in [0.1, 0.15) is 42.4 Å². The van der Waals surface area contributed by atoms with Crippen LogP contribution in [0.4, 0.5) is 26.4 Å². The highest BCUT2D eigenvalue weighted by molar-refractivity contribution is 5.95. The van der Waals surface area contributed by atoms with E-state index in [9.17, 15) is 14.0 Å². The molecule has 0 bridgehead atoms. The molecule has 0 atom stereocenters. The van der Waals surface area contributed by atoms with Crippen LogP contribution >= 0.6 is 0 Å². The molecule has 4 rings (SSSR count). The molecule has 8 heteroatoms. The topological polar surface area (TPSA) is 92.4 Å². The summed E-state index contributed by atoms with van der Waals surface area (Å²) in [5.41, 5.74) is 2.43. The van der Waals surface area contributed by atoms with Crippen LogP contribution in [0, 0.1) is 5.82 Å². The minimum absolute atomic E-state index is 0.0582. The number of aromatic nitrogens is 1. The lowest BCUT2D eigenvalue weighted by Gasteiger charge is -2.20. The Morgan fingerprint density at radius 3 is 2.29 bits per heavy atom. The number of para-hydroxylation sites is 1. The van der Waals surface area contributed by atoms with E-state index in [-0.39, 0.29) is 29.1 Å². The van der Waals surface area contributed by atoms with Gasteiger partial charge in [-0.1, -0.05) is 36.4 Å². The van der Waals surface area contributed by atoms with Gasteiger partial charge in [0.1, 0.15) is 22.9 Å². The molecule has 3 aromatic rings. The van der Waals surface area contributed by atoms with Gasteiger partial charge in [0.25, 0.3) is 5.91 Å². The number of anilines is 3. The number of halogens is 1. The average molecular weight is 463 g/mol. The summed E-state index contributed by atoms with van der Waals surface area (Å²) in [6, 6.07) is 17.2. The third-order valence-corrected chi connectivity index (χ3v) is 5.23. The van der Waals surface area contributed by atoms with E-state index < -0.39 is 17.5 Å². The van der Waals surface area contributed by atoms with Crippen LogP contribution in [0.3, 0.4) is 0 Å². The Balaban J connectivity index is 1.56. The molecule has 7 nitrogen and oxygen atoms in total. The standard InChI is InChI=1S/C26H27FN4O3/c1-26(2,3)34-25(33)31-23-15-19(28-21-11-7-6-10-20(21)27)14-22(30-23)24(32)29-18-12-16-8-4-5-9-17(16)13-18/h4-11,14-15,18H,12-13H2,1-3H3,(H,29,32)(H2,28,30,31,33). The van der Waals surface area contributed by atoms with Gasteiger partial charge in [0, 0.05) is 17.8 Å². The Kier molecular flexibility index (Phi) is 6.49. The first kappa shape index (κ1) is 23.2. The van der Waals surface area contributed by atoms with Crippen molar-refractivity contribution >= 4 is 29.2 Å². The number of amides is 2. The fourth-order valence-corrected chi connectivity index (χ4v) is 3.83. The highest BCUT2D eigenvalue weighted by Crippen LogP contribution is 2.25. The molecular weight excluding hydrogens is 435 g/mol. The van der Waals surface area contributed by atoms with Crippen molar-refractivity contribution in [3.05, 3.63) is 83.3 Å². The molecule has 176 valence electrons. The lowest BCUT2D eigenvalue weighted by Crippen LogP contribution is -2.36. The number of rotatable bonds is 5. The molecule has 1 aromatic heterocycles. The van der Waals surface area contributed by atoms with E-state index in [2.05, 4.69) is 33.1 Å². The number of ether oxygens (including phenoxy) is 1. The molecule has 2 amide bonds. The lowest BCUT2D eigenvalue weighted by molar-refractivity contribution is 0.0634. The molecule has 0 spiro atoms. The molecule has 1 heterocycles. The van der Waals surface area contributed by atoms with E-state index in [0.29, 0.717) is 5.69 Å². The normalized spacial score (nSPS) is 13.2. The summed E-state index contributed by atoms with van der Waals surface area (Å²) in [7, 11) is 0. The number of carbonyl (C=O) groups excluding carboxylic acids is 2. The molecule has 3 N–H and O–H groups in total. The zero-order chi connectivity index (χ0) is 24.3. The molecule has 0 radical (unpaired) electrons. The predicted molar refractivity (Wildman–Crippen MR) is 129 cm³/mol. The minimum atomic E-state index is -0.708. The number of pyridine rings is 1. The van der Waals surface area contributed by atoms with Gasteiger partial charge in [-0.3, -0.25) is 10.1 Å². The second kappa shape index (κ2) is 9.51. The van der Waals surface area contributed by atoms with Crippen LogP contribution in [-0.4, -0.2) is 28.6 Å². The van der Waals surface area contributed by atoms with Gasteiger partial charge in [-0.05, 0) is 62.9 Å². The van der Waals surface area contributed by atoms with Crippen LogP contribution in [-0.2, 0) is 17.6 Å². The Bertz CT molecular complexity index is 1200. The van der Waals surface area contributed by atoms with Crippen LogP contribution in [0.2, 0.25) is 0 Å². The van der Waals surface area contributed by atoms with Crippen LogP contribution in [0.25, 0.3) is 0 Å². The highest BCUT2D eigenvalue weighted by Gasteiger charge is 2.24. The van der Waals surface area contributed by atoms with E-state index in [1.807, 2.05) is 12.1 Å². The van der Waals surface area contributed by atoms with Crippen molar-refractivity contribution in [3.8, 4) is 0 Å². The van der Waals surface area contributed by atoms with Gasteiger partial charge >= 0.3 is 6.09 Å². The van der Waals surface area contributed by atoms with Crippen molar-refractivity contribution in [2.45, 2.75) is 45.3 Å². The number of fused-ring (bicyclic) bond motifs is 1. The molecular formula is C26H27FN4O3. The van der Waals surface area contributed by atoms with Crippen molar-refractivity contribution in [2.75, 3.05) is 10.6 Å². The predicted octanol–water partition coefficient (Wildman–Crippen LogP) is 5.21. The summed E-state index contributed by atoms with van der Waals surface area (Å²) in [5, 5.41) is 8.52. The zero-order valence-electron chi connectivity index (χ0n) is 19.3. The monoisotopic (exact) mass is 462 g/mol. The van der Waals surface area contributed by atoms with Crippen molar-refractivity contribution in [3.63, 3.8) is 0 Å². The van der Waals surface area contributed by atoms with Gasteiger partial charge in [-0.15, -0.1) is 0 Å². The summed E-state index contributed by atoms with van der Waals surface area (Å²) < 4.78 is 19.5. The quantitative estimate of drug-likeness (QED) is 0.484. The van der Waals surface area contributed by atoms with E-state index in [4.69, 9.17) is 4.74 Å². The number of carbonyl (C=O) groups is 2. The second-order valence-corrected chi connectivity index (χ2v) is 9.21. The largest absolute Gasteiger partial charge is 0.444 e. The van der Waals surface area contributed by atoms with Crippen molar-refractivity contribution < 1.29 is 18.7 Å². The van der Waals surface area contributed by atoms with E-state index in [1.165, 1.54) is 29.3 Å². The van der Waals surface area contributed by atoms with Gasteiger partial charge in [0.15, 0.2) is 0 Å². The first-order valence-electron chi connectivity index (χ1n) is 11.1. The highest BCUT2D eigenvalue weighted by atomic mass is 19.1. The van der Waals surface area contributed by atoms with Crippen LogP contribution < -0.4 is 16.0 Å². The van der Waals surface area contributed by atoms with Gasteiger partial charge in [-0.2, -0.15) is 0 Å². The average Bonchev–Trinajstić information content (AvgIpc) is 3.16. The van der Waals surface area contributed by atoms with Gasteiger partial charge in [0.05, 0.1) is 5.69 Å². The minimum Gasteiger partial charge on any atom is -0.444 e.